The van der Waals surface area contributed by atoms with Crippen LogP contribution in [0.2, 0.25) is 0 Å². The maximum Gasteiger partial charge on any atom is 0.354 e. The molecule has 2 rings (SSSR count). The first-order valence-corrected chi connectivity index (χ1v) is 6.39. The summed E-state index contributed by atoms with van der Waals surface area (Å²) in [5.41, 5.74) is 2.81. The molecule has 0 bridgehead atoms. The summed E-state index contributed by atoms with van der Waals surface area (Å²) in [7, 11) is 0. The predicted molar refractivity (Wildman–Crippen MR) is 72.8 cm³/mol. The van der Waals surface area contributed by atoms with E-state index in [-0.39, 0.29) is 5.97 Å². The summed E-state index contributed by atoms with van der Waals surface area (Å²) >= 11 is 0. The number of H-pyrrole nitrogens is 1. The van der Waals surface area contributed by atoms with E-state index < -0.39 is 0 Å². The lowest BCUT2D eigenvalue weighted by Gasteiger charge is -2.04. The van der Waals surface area contributed by atoms with Gasteiger partial charge >= 0.3 is 5.97 Å². The van der Waals surface area contributed by atoms with Crippen LogP contribution in [0.15, 0.2) is 24.3 Å². The second kappa shape index (κ2) is 5.25. The Labute approximate surface area is 107 Å². The van der Waals surface area contributed by atoms with Crippen molar-refractivity contribution in [2.75, 3.05) is 6.61 Å². The minimum atomic E-state index is -0.292. The topological polar surface area (TPSA) is 42.1 Å². The molecule has 18 heavy (non-hydrogen) atoms. The molecule has 0 aliphatic rings. The summed E-state index contributed by atoms with van der Waals surface area (Å²) in [4.78, 5) is 14.7. The number of ether oxygens (including phenoxy) is 1. The van der Waals surface area contributed by atoms with Gasteiger partial charge in [0.25, 0.3) is 0 Å². The lowest BCUT2D eigenvalue weighted by molar-refractivity contribution is 0.0520. The summed E-state index contributed by atoms with van der Waals surface area (Å²) in [6.07, 6.45) is 1.05. The largest absolute Gasteiger partial charge is 0.461 e. The van der Waals surface area contributed by atoms with E-state index in [0.717, 1.165) is 17.3 Å². The number of hydrogen-bond donors (Lipinski definition) is 1. The molecule has 1 aromatic heterocycles. The van der Waals surface area contributed by atoms with Gasteiger partial charge in [-0.15, -0.1) is 0 Å². The molecule has 2 aromatic rings. The van der Waals surface area contributed by atoms with Crippen molar-refractivity contribution < 1.29 is 9.53 Å². The molecule has 3 nitrogen and oxygen atoms in total. The van der Waals surface area contributed by atoms with Crippen LogP contribution in [0.5, 0.6) is 0 Å². The summed E-state index contributed by atoms with van der Waals surface area (Å²) in [5.74, 6) is 0.334. The molecule has 96 valence electrons. The van der Waals surface area contributed by atoms with Gasteiger partial charge in [0.2, 0.25) is 0 Å². The Balaban J connectivity index is 2.30. The van der Waals surface area contributed by atoms with Crippen LogP contribution >= 0.6 is 0 Å². The van der Waals surface area contributed by atoms with Crippen LogP contribution in [0.25, 0.3) is 10.9 Å². The molecule has 0 saturated heterocycles. The minimum Gasteiger partial charge on any atom is -0.461 e. The lowest BCUT2D eigenvalue weighted by Crippen LogP contribution is -2.04. The molecule has 0 atom stereocenters. The van der Waals surface area contributed by atoms with Gasteiger partial charge in [-0.1, -0.05) is 26.0 Å². The van der Waals surface area contributed by atoms with E-state index in [9.17, 15) is 4.79 Å². The van der Waals surface area contributed by atoms with E-state index in [1.54, 1.807) is 6.92 Å². The first-order valence-electron chi connectivity index (χ1n) is 6.39. The number of nitrogens with one attached hydrogen (secondary N) is 1. The van der Waals surface area contributed by atoms with Crippen LogP contribution in [0.3, 0.4) is 0 Å². The van der Waals surface area contributed by atoms with E-state index in [4.69, 9.17) is 4.74 Å². The van der Waals surface area contributed by atoms with Gasteiger partial charge in [0.05, 0.1) is 6.61 Å². The monoisotopic (exact) mass is 245 g/mol. The Bertz CT molecular complexity index is 555. The van der Waals surface area contributed by atoms with E-state index in [1.165, 1.54) is 5.56 Å². The standard InChI is InChI=1S/C15H19NO2/c1-4-18-15(17)14-9-12-6-5-11(7-10(2)3)8-13(12)16-14/h5-6,8-10,16H,4,7H2,1-3H3. The van der Waals surface area contributed by atoms with Crippen LogP contribution < -0.4 is 0 Å². The molecule has 0 unspecified atom stereocenters. The van der Waals surface area contributed by atoms with Crippen molar-refractivity contribution in [2.45, 2.75) is 27.2 Å². The summed E-state index contributed by atoms with van der Waals surface area (Å²) in [5, 5.41) is 1.05. The van der Waals surface area contributed by atoms with Gasteiger partial charge in [0.15, 0.2) is 0 Å². The summed E-state index contributed by atoms with van der Waals surface area (Å²) in [6.45, 7) is 6.60. The second-order valence-corrected chi connectivity index (χ2v) is 4.92. The van der Waals surface area contributed by atoms with Crippen molar-refractivity contribution in [2.24, 2.45) is 5.92 Å². The average Bonchev–Trinajstić information content (AvgIpc) is 2.71. The summed E-state index contributed by atoms with van der Waals surface area (Å²) < 4.78 is 4.98. The van der Waals surface area contributed by atoms with E-state index in [2.05, 4.69) is 31.0 Å². The fourth-order valence-corrected chi connectivity index (χ4v) is 2.09. The van der Waals surface area contributed by atoms with Crippen molar-refractivity contribution in [1.29, 1.82) is 0 Å². The smallest absolute Gasteiger partial charge is 0.354 e. The molecular weight excluding hydrogens is 226 g/mol. The van der Waals surface area contributed by atoms with Crippen molar-refractivity contribution in [3.8, 4) is 0 Å². The first kappa shape index (κ1) is 12.7. The highest BCUT2D eigenvalue weighted by Crippen LogP contribution is 2.19. The van der Waals surface area contributed by atoms with Gasteiger partial charge in [0, 0.05) is 10.9 Å². The molecule has 0 spiro atoms. The van der Waals surface area contributed by atoms with Crippen LogP contribution in [-0.4, -0.2) is 17.6 Å². The maximum absolute atomic E-state index is 11.6. The Morgan fingerprint density at radius 1 is 1.33 bits per heavy atom. The Morgan fingerprint density at radius 3 is 2.78 bits per heavy atom. The normalized spacial score (nSPS) is 11.1. The number of esters is 1. The molecule has 0 fully saturated rings. The highest BCUT2D eigenvalue weighted by molar-refractivity contribution is 5.94. The number of hydrogen-bond acceptors (Lipinski definition) is 2. The highest BCUT2D eigenvalue weighted by atomic mass is 16.5. The summed E-state index contributed by atoms with van der Waals surface area (Å²) in [6, 6.07) is 8.11. The third-order valence-electron chi connectivity index (χ3n) is 2.83. The highest BCUT2D eigenvalue weighted by Gasteiger charge is 2.10. The molecule has 0 aliphatic heterocycles. The number of fused-ring (bicyclic) bond motifs is 1. The molecule has 3 heteroatoms. The zero-order chi connectivity index (χ0) is 13.1. The van der Waals surface area contributed by atoms with Gasteiger partial charge in [-0.25, -0.2) is 4.79 Å². The Kier molecular flexibility index (Phi) is 3.70. The van der Waals surface area contributed by atoms with Crippen LogP contribution in [0, 0.1) is 5.92 Å². The number of carbonyl (C=O) groups excluding carboxylic acids is 1. The molecule has 0 saturated carbocycles. The molecule has 0 amide bonds. The van der Waals surface area contributed by atoms with Gasteiger partial charge < -0.3 is 9.72 Å². The van der Waals surface area contributed by atoms with Crippen LogP contribution in [0.4, 0.5) is 0 Å². The Morgan fingerprint density at radius 2 is 2.11 bits per heavy atom. The third kappa shape index (κ3) is 2.73. The molecule has 1 N–H and O–H groups in total. The van der Waals surface area contributed by atoms with E-state index in [1.807, 2.05) is 12.1 Å². The van der Waals surface area contributed by atoms with E-state index in [0.29, 0.717) is 18.2 Å². The van der Waals surface area contributed by atoms with Crippen molar-refractivity contribution in [1.82, 2.24) is 4.98 Å². The lowest BCUT2D eigenvalue weighted by atomic mass is 10.0. The Hall–Kier alpha value is -1.77. The molecular formula is C15H19NO2. The SMILES string of the molecule is CCOC(=O)c1cc2ccc(CC(C)C)cc2[nH]1. The van der Waals surface area contributed by atoms with Gasteiger partial charge in [-0.3, -0.25) is 0 Å². The van der Waals surface area contributed by atoms with Gasteiger partial charge in [-0.2, -0.15) is 0 Å². The van der Waals surface area contributed by atoms with Crippen molar-refractivity contribution in [3.05, 3.63) is 35.5 Å². The first-order chi connectivity index (χ1) is 8.60. The molecule has 1 heterocycles. The van der Waals surface area contributed by atoms with E-state index >= 15 is 0 Å². The quantitative estimate of drug-likeness (QED) is 0.837. The average molecular weight is 245 g/mol. The molecule has 0 aliphatic carbocycles. The fraction of sp³-hybridized carbons (Fsp3) is 0.400. The minimum absolute atomic E-state index is 0.292. The van der Waals surface area contributed by atoms with Gasteiger partial charge in [0.1, 0.15) is 5.69 Å². The second-order valence-electron chi connectivity index (χ2n) is 4.92. The molecule has 0 radical (unpaired) electrons. The van der Waals surface area contributed by atoms with Crippen molar-refractivity contribution in [3.63, 3.8) is 0 Å². The number of rotatable bonds is 4. The predicted octanol–water partition coefficient (Wildman–Crippen LogP) is 3.54. The van der Waals surface area contributed by atoms with Crippen molar-refractivity contribution >= 4 is 16.9 Å². The fourth-order valence-electron chi connectivity index (χ4n) is 2.09. The number of aromatic amines is 1. The zero-order valence-corrected chi connectivity index (χ0v) is 11.1. The van der Waals surface area contributed by atoms with Gasteiger partial charge in [-0.05, 0) is 37.0 Å². The molecule has 1 aromatic carbocycles. The number of benzene rings is 1. The van der Waals surface area contributed by atoms with Crippen LogP contribution in [-0.2, 0) is 11.2 Å². The zero-order valence-electron chi connectivity index (χ0n) is 11.1. The van der Waals surface area contributed by atoms with Crippen LogP contribution in [0.1, 0.15) is 36.8 Å². The number of aromatic nitrogens is 1. The number of carbonyl (C=O) groups is 1. The third-order valence-corrected chi connectivity index (χ3v) is 2.83. The maximum atomic E-state index is 11.6.